The van der Waals surface area contributed by atoms with Gasteiger partial charge in [-0.05, 0) is 32.2 Å². The second-order valence-electron chi connectivity index (χ2n) is 3.90. The summed E-state index contributed by atoms with van der Waals surface area (Å²) in [4.78, 5) is 4.44. The van der Waals surface area contributed by atoms with Crippen LogP contribution in [-0.2, 0) is 0 Å². The molecular formula is C13H15FN2OS. The predicted octanol–water partition coefficient (Wildman–Crippen LogP) is 2.91. The lowest BCUT2D eigenvalue weighted by Crippen LogP contribution is -2.19. The number of aryl methyl sites for hydroxylation is 1. The molecule has 0 bridgehead atoms. The van der Waals surface area contributed by atoms with Crippen LogP contribution in [0, 0.1) is 12.7 Å². The van der Waals surface area contributed by atoms with E-state index in [1.807, 2.05) is 19.4 Å². The van der Waals surface area contributed by atoms with Gasteiger partial charge in [-0.15, -0.1) is 11.3 Å². The zero-order chi connectivity index (χ0) is 13.1. The Morgan fingerprint density at radius 2 is 2.22 bits per heavy atom. The molecule has 96 valence electrons. The Morgan fingerprint density at radius 3 is 2.78 bits per heavy atom. The Balaban J connectivity index is 2.47. The maximum atomic E-state index is 13.4. The minimum absolute atomic E-state index is 0.166. The molecule has 0 fully saturated rings. The number of benzene rings is 1. The number of hydrogen-bond acceptors (Lipinski definition) is 4. The highest BCUT2D eigenvalue weighted by atomic mass is 32.1. The summed E-state index contributed by atoms with van der Waals surface area (Å²) in [5.74, 6) is 0.374. The highest BCUT2D eigenvalue weighted by molar-refractivity contribution is 7.09. The number of halogens is 1. The number of nitrogens with one attached hydrogen (secondary N) is 1. The highest BCUT2D eigenvalue weighted by Gasteiger charge is 2.19. The van der Waals surface area contributed by atoms with Crippen molar-refractivity contribution in [2.75, 3.05) is 14.2 Å². The summed E-state index contributed by atoms with van der Waals surface area (Å²) in [6.45, 7) is 1.95. The Kier molecular flexibility index (Phi) is 3.93. The number of nitrogens with zero attached hydrogens (tertiary/aromatic N) is 1. The van der Waals surface area contributed by atoms with Crippen molar-refractivity contribution in [1.82, 2.24) is 10.3 Å². The Hall–Kier alpha value is -1.46. The van der Waals surface area contributed by atoms with Crippen LogP contribution in [0.4, 0.5) is 4.39 Å². The van der Waals surface area contributed by atoms with Crippen LogP contribution >= 0.6 is 11.3 Å². The zero-order valence-corrected chi connectivity index (χ0v) is 11.3. The Bertz CT molecular complexity index is 542. The van der Waals surface area contributed by atoms with Gasteiger partial charge in [-0.1, -0.05) is 0 Å². The quantitative estimate of drug-likeness (QED) is 0.924. The summed E-state index contributed by atoms with van der Waals surface area (Å²) in [6, 6.07) is 4.34. The van der Waals surface area contributed by atoms with Gasteiger partial charge in [0.05, 0.1) is 23.9 Å². The molecule has 0 saturated carbocycles. The van der Waals surface area contributed by atoms with Crippen molar-refractivity contribution in [3.8, 4) is 5.75 Å². The van der Waals surface area contributed by atoms with Gasteiger partial charge in [-0.2, -0.15) is 0 Å². The molecule has 2 aromatic rings. The highest BCUT2D eigenvalue weighted by Crippen LogP contribution is 2.30. The van der Waals surface area contributed by atoms with Crippen molar-refractivity contribution in [2.45, 2.75) is 13.0 Å². The molecule has 1 unspecified atom stereocenters. The third-order valence-electron chi connectivity index (χ3n) is 2.72. The van der Waals surface area contributed by atoms with E-state index in [0.717, 1.165) is 16.3 Å². The van der Waals surface area contributed by atoms with Gasteiger partial charge in [0.25, 0.3) is 0 Å². The second-order valence-corrected chi connectivity index (χ2v) is 4.96. The lowest BCUT2D eigenvalue weighted by molar-refractivity contribution is 0.403. The van der Waals surface area contributed by atoms with Crippen LogP contribution in [0.5, 0.6) is 5.75 Å². The first-order valence-electron chi connectivity index (χ1n) is 5.58. The monoisotopic (exact) mass is 266 g/mol. The topological polar surface area (TPSA) is 34.2 Å². The van der Waals surface area contributed by atoms with Crippen molar-refractivity contribution < 1.29 is 9.13 Å². The van der Waals surface area contributed by atoms with Crippen LogP contribution in [0.2, 0.25) is 0 Å². The van der Waals surface area contributed by atoms with E-state index in [9.17, 15) is 4.39 Å². The van der Waals surface area contributed by atoms with Gasteiger partial charge in [-0.25, -0.2) is 9.37 Å². The second kappa shape index (κ2) is 5.46. The SMILES string of the molecule is CNC(c1csc(C)n1)c1cc(F)ccc1OC. The van der Waals surface area contributed by atoms with Crippen molar-refractivity contribution in [2.24, 2.45) is 0 Å². The molecule has 0 saturated heterocycles. The molecule has 2 rings (SSSR count). The first-order valence-corrected chi connectivity index (χ1v) is 6.46. The van der Waals surface area contributed by atoms with Crippen molar-refractivity contribution >= 4 is 11.3 Å². The van der Waals surface area contributed by atoms with Gasteiger partial charge in [0.15, 0.2) is 0 Å². The normalized spacial score (nSPS) is 12.4. The summed E-state index contributed by atoms with van der Waals surface area (Å²) < 4.78 is 18.7. The van der Waals surface area contributed by atoms with E-state index in [2.05, 4.69) is 10.3 Å². The van der Waals surface area contributed by atoms with E-state index >= 15 is 0 Å². The molecule has 18 heavy (non-hydrogen) atoms. The van der Waals surface area contributed by atoms with E-state index in [4.69, 9.17) is 4.74 Å². The summed E-state index contributed by atoms with van der Waals surface area (Å²) in [5, 5.41) is 6.11. The molecule has 0 spiro atoms. The largest absolute Gasteiger partial charge is 0.496 e. The first-order chi connectivity index (χ1) is 8.65. The fourth-order valence-electron chi connectivity index (χ4n) is 1.91. The number of rotatable bonds is 4. The van der Waals surface area contributed by atoms with Gasteiger partial charge in [0.2, 0.25) is 0 Å². The lowest BCUT2D eigenvalue weighted by atomic mass is 10.0. The molecule has 0 aliphatic heterocycles. The average Bonchev–Trinajstić information content (AvgIpc) is 2.77. The maximum Gasteiger partial charge on any atom is 0.124 e. The van der Waals surface area contributed by atoms with Gasteiger partial charge in [-0.3, -0.25) is 0 Å². The molecule has 0 amide bonds. The molecule has 0 radical (unpaired) electrons. The molecule has 1 N–H and O–H groups in total. The molecule has 1 heterocycles. The number of aromatic nitrogens is 1. The van der Waals surface area contributed by atoms with E-state index in [1.165, 1.54) is 12.1 Å². The third-order valence-corrected chi connectivity index (χ3v) is 3.52. The van der Waals surface area contributed by atoms with Gasteiger partial charge >= 0.3 is 0 Å². The summed E-state index contributed by atoms with van der Waals surface area (Å²) in [6.07, 6.45) is 0. The minimum atomic E-state index is -0.280. The van der Waals surface area contributed by atoms with Crippen LogP contribution in [0.3, 0.4) is 0 Å². The number of ether oxygens (including phenoxy) is 1. The van der Waals surface area contributed by atoms with E-state index in [1.54, 1.807) is 24.5 Å². The fraction of sp³-hybridized carbons (Fsp3) is 0.308. The summed E-state index contributed by atoms with van der Waals surface area (Å²) in [5.41, 5.74) is 1.63. The van der Waals surface area contributed by atoms with E-state index < -0.39 is 0 Å². The van der Waals surface area contributed by atoms with Crippen LogP contribution in [-0.4, -0.2) is 19.1 Å². The van der Waals surface area contributed by atoms with E-state index in [-0.39, 0.29) is 11.9 Å². The van der Waals surface area contributed by atoms with Gasteiger partial charge in [0.1, 0.15) is 11.6 Å². The fourth-order valence-corrected chi connectivity index (χ4v) is 2.54. The zero-order valence-electron chi connectivity index (χ0n) is 10.5. The number of hydrogen-bond donors (Lipinski definition) is 1. The van der Waals surface area contributed by atoms with Crippen LogP contribution < -0.4 is 10.1 Å². The smallest absolute Gasteiger partial charge is 0.124 e. The summed E-state index contributed by atoms with van der Waals surface area (Å²) >= 11 is 1.57. The minimum Gasteiger partial charge on any atom is -0.496 e. The van der Waals surface area contributed by atoms with Crippen LogP contribution in [0.15, 0.2) is 23.6 Å². The molecule has 5 heteroatoms. The standard InChI is InChI=1S/C13H15FN2OS/c1-8-16-11(7-18-8)13(15-2)10-6-9(14)4-5-12(10)17-3/h4-7,13,15H,1-3H3. The molecule has 1 aromatic carbocycles. The van der Waals surface area contributed by atoms with Crippen LogP contribution in [0.1, 0.15) is 22.3 Å². The average molecular weight is 266 g/mol. The van der Waals surface area contributed by atoms with Gasteiger partial charge in [0, 0.05) is 10.9 Å². The van der Waals surface area contributed by atoms with Crippen molar-refractivity contribution in [3.63, 3.8) is 0 Å². The van der Waals surface area contributed by atoms with Crippen molar-refractivity contribution in [1.29, 1.82) is 0 Å². The Morgan fingerprint density at radius 1 is 1.44 bits per heavy atom. The number of thiazole rings is 1. The lowest BCUT2D eigenvalue weighted by Gasteiger charge is -2.17. The molecule has 1 atom stereocenters. The Labute approximate surface area is 110 Å². The first kappa shape index (κ1) is 13.0. The third kappa shape index (κ3) is 2.52. The van der Waals surface area contributed by atoms with Crippen molar-refractivity contribution in [3.05, 3.63) is 45.7 Å². The van der Waals surface area contributed by atoms with E-state index in [0.29, 0.717) is 5.75 Å². The van der Waals surface area contributed by atoms with Gasteiger partial charge < -0.3 is 10.1 Å². The maximum absolute atomic E-state index is 13.4. The number of methoxy groups -OCH3 is 1. The molecule has 3 nitrogen and oxygen atoms in total. The predicted molar refractivity (Wildman–Crippen MR) is 70.7 cm³/mol. The van der Waals surface area contributed by atoms with Crippen LogP contribution in [0.25, 0.3) is 0 Å². The molecule has 0 aliphatic carbocycles. The molecular weight excluding hydrogens is 251 g/mol. The summed E-state index contributed by atoms with van der Waals surface area (Å²) in [7, 11) is 3.40. The molecule has 0 aliphatic rings. The molecule has 1 aromatic heterocycles.